The van der Waals surface area contributed by atoms with E-state index in [-0.39, 0.29) is 5.60 Å². The Morgan fingerprint density at radius 1 is 1.10 bits per heavy atom. The Balaban J connectivity index is 1.72. The zero-order valence-electron chi connectivity index (χ0n) is 17.0. The molecule has 0 saturated heterocycles. The van der Waals surface area contributed by atoms with Gasteiger partial charge >= 0.3 is 5.97 Å². The van der Waals surface area contributed by atoms with Gasteiger partial charge in [0.25, 0.3) is 5.89 Å². The van der Waals surface area contributed by atoms with Crippen LogP contribution in [0.4, 0.5) is 0 Å². The maximum Gasteiger partial charge on any atom is 0.321 e. The highest BCUT2D eigenvalue weighted by Gasteiger charge is 2.16. The second-order valence-electron chi connectivity index (χ2n) is 7.74. The molecule has 0 saturated carbocycles. The minimum atomic E-state index is -0.877. The number of aromatic nitrogens is 2. The van der Waals surface area contributed by atoms with Gasteiger partial charge in [-0.15, -0.1) is 0 Å². The Bertz CT molecular complexity index is 957. The number of hydrogen-bond donors (Lipinski definition) is 2. The molecule has 0 aliphatic carbocycles. The molecule has 7 heteroatoms. The van der Waals surface area contributed by atoms with Crippen molar-refractivity contribution in [2.75, 3.05) is 7.05 Å². The average Bonchev–Trinajstić information content (AvgIpc) is 3.16. The van der Waals surface area contributed by atoms with Crippen molar-refractivity contribution in [3.8, 4) is 28.6 Å². The molecule has 1 atom stereocenters. The molecular formula is C22H25N3O4. The SMILES string of the molecule is CNC(Cc1ccc(-c2noc(-c3ccc(OC(C)(C)C)cc3)n2)cc1)C(=O)O. The first-order chi connectivity index (χ1) is 13.7. The van der Waals surface area contributed by atoms with Crippen LogP contribution in [-0.4, -0.2) is 39.9 Å². The number of likely N-dealkylation sites (N-methyl/N-ethyl adjacent to an activating group) is 1. The summed E-state index contributed by atoms with van der Waals surface area (Å²) in [5.74, 6) is 0.800. The van der Waals surface area contributed by atoms with Gasteiger partial charge in [0.2, 0.25) is 5.82 Å². The molecule has 2 aromatic carbocycles. The van der Waals surface area contributed by atoms with Crippen LogP contribution >= 0.6 is 0 Å². The van der Waals surface area contributed by atoms with Crippen LogP contribution in [0, 0.1) is 0 Å². The van der Waals surface area contributed by atoms with Gasteiger partial charge in [-0.1, -0.05) is 29.4 Å². The van der Waals surface area contributed by atoms with Gasteiger partial charge in [-0.05, 0) is 64.1 Å². The van der Waals surface area contributed by atoms with Gasteiger partial charge in [-0.25, -0.2) is 0 Å². The quantitative estimate of drug-likeness (QED) is 0.628. The van der Waals surface area contributed by atoms with Crippen LogP contribution in [-0.2, 0) is 11.2 Å². The Morgan fingerprint density at radius 3 is 2.28 bits per heavy atom. The first kappa shape index (κ1) is 20.5. The molecule has 29 heavy (non-hydrogen) atoms. The first-order valence-electron chi connectivity index (χ1n) is 9.38. The predicted octanol–water partition coefficient (Wildman–Crippen LogP) is 3.80. The van der Waals surface area contributed by atoms with E-state index in [2.05, 4.69) is 15.5 Å². The molecule has 0 aliphatic heterocycles. The Morgan fingerprint density at radius 2 is 1.72 bits per heavy atom. The molecule has 1 heterocycles. The number of carboxylic acid groups (broad SMARTS) is 1. The Kier molecular flexibility index (Phi) is 5.98. The van der Waals surface area contributed by atoms with Gasteiger partial charge in [-0.3, -0.25) is 4.79 Å². The van der Waals surface area contributed by atoms with Crippen molar-refractivity contribution in [1.82, 2.24) is 15.5 Å². The van der Waals surface area contributed by atoms with E-state index in [4.69, 9.17) is 14.4 Å². The fraction of sp³-hybridized carbons (Fsp3) is 0.318. The fourth-order valence-corrected chi connectivity index (χ4v) is 2.82. The predicted molar refractivity (Wildman–Crippen MR) is 110 cm³/mol. The van der Waals surface area contributed by atoms with Gasteiger partial charge in [-0.2, -0.15) is 4.98 Å². The molecule has 152 valence electrons. The zero-order chi connectivity index (χ0) is 21.0. The van der Waals surface area contributed by atoms with Crippen LogP contribution in [0.15, 0.2) is 53.1 Å². The molecule has 2 N–H and O–H groups in total. The molecule has 0 aliphatic rings. The van der Waals surface area contributed by atoms with E-state index >= 15 is 0 Å². The number of nitrogens with zero attached hydrogens (tertiary/aromatic N) is 2. The van der Waals surface area contributed by atoms with Crippen LogP contribution in [0.2, 0.25) is 0 Å². The summed E-state index contributed by atoms with van der Waals surface area (Å²) in [5.41, 5.74) is 2.25. The van der Waals surface area contributed by atoms with Crippen LogP contribution in [0.1, 0.15) is 26.3 Å². The summed E-state index contributed by atoms with van der Waals surface area (Å²) < 4.78 is 11.2. The van der Waals surface area contributed by atoms with E-state index in [1.165, 1.54) is 0 Å². The number of hydrogen-bond acceptors (Lipinski definition) is 6. The topological polar surface area (TPSA) is 97.5 Å². The highest BCUT2D eigenvalue weighted by molar-refractivity contribution is 5.74. The van der Waals surface area contributed by atoms with Crippen molar-refractivity contribution in [3.63, 3.8) is 0 Å². The van der Waals surface area contributed by atoms with Gasteiger partial charge in [0.1, 0.15) is 17.4 Å². The number of aliphatic carboxylic acids is 1. The van der Waals surface area contributed by atoms with Crippen molar-refractivity contribution in [3.05, 3.63) is 54.1 Å². The summed E-state index contributed by atoms with van der Waals surface area (Å²) in [4.78, 5) is 15.6. The van der Waals surface area contributed by atoms with Crippen LogP contribution < -0.4 is 10.1 Å². The highest BCUT2D eigenvalue weighted by Crippen LogP contribution is 2.26. The molecule has 0 bridgehead atoms. The van der Waals surface area contributed by atoms with Crippen molar-refractivity contribution in [2.24, 2.45) is 0 Å². The maximum atomic E-state index is 11.1. The lowest BCUT2D eigenvalue weighted by Gasteiger charge is -2.21. The van der Waals surface area contributed by atoms with Gasteiger partial charge in [0, 0.05) is 11.1 Å². The molecule has 1 unspecified atom stereocenters. The molecule has 3 aromatic rings. The highest BCUT2D eigenvalue weighted by atomic mass is 16.5. The van der Waals surface area contributed by atoms with Gasteiger partial charge < -0.3 is 19.7 Å². The van der Waals surface area contributed by atoms with E-state index in [1.807, 2.05) is 69.3 Å². The first-order valence-corrected chi connectivity index (χ1v) is 9.38. The lowest BCUT2D eigenvalue weighted by atomic mass is 10.0. The number of carboxylic acids is 1. The minimum absolute atomic E-state index is 0.261. The second kappa shape index (κ2) is 8.45. The van der Waals surface area contributed by atoms with Crippen molar-refractivity contribution < 1.29 is 19.2 Å². The molecule has 1 aromatic heterocycles. The fourth-order valence-electron chi connectivity index (χ4n) is 2.82. The summed E-state index contributed by atoms with van der Waals surface area (Å²) in [6, 6.07) is 14.4. The van der Waals surface area contributed by atoms with Crippen LogP contribution in [0.3, 0.4) is 0 Å². The summed E-state index contributed by atoms with van der Waals surface area (Å²) in [5, 5.41) is 16.0. The molecule has 0 fully saturated rings. The van der Waals surface area contributed by atoms with Gasteiger partial charge in [0.15, 0.2) is 0 Å². The zero-order valence-corrected chi connectivity index (χ0v) is 17.0. The summed E-state index contributed by atoms with van der Waals surface area (Å²) in [6.45, 7) is 5.99. The van der Waals surface area contributed by atoms with E-state index in [0.717, 1.165) is 22.4 Å². The van der Waals surface area contributed by atoms with Gasteiger partial charge in [0.05, 0.1) is 0 Å². The van der Waals surface area contributed by atoms with Crippen molar-refractivity contribution in [1.29, 1.82) is 0 Å². The van der Waals surface area contributed by atoms with E-state index in [9.17, 15) is 4.79 Å². The molecule has 0 spiro atoms. The largest absolute Gasteiger partial charge is 0.488 e. The number of nitrogens with one attached hydrogen (secondary N) is 1. The molecule has 3 rings (SSSR count). The number of rotatable bonds is 7. The second-order valence-corrected chi connectivity index (χ2v) is 7.74. The average molecular weight is 395 g/mol. The smallest absolute Gasteiger partial charge is 0.321 e. The standard InChI is InChI=1S/C22H25N3O4/c1-22(2,3)28-17-11-9-16(10-12-17)20-24-19(25-29-20)15-7-5-14(6-8-15)13-18(23-4)21(26)27/h5-12,18,23H,13H2,1-4H3,(H,26,27). The number of benzene rings is 2. The monoisotopic (exact) mass is 395 g/mol. The third kappa shape index (κ3) is 5.42. The number of carbonyl (C=O) groups is 1. The third-order valence-electron chi connectivity index (χ3n) is 4.25. The lowest BCUT2D eigenvalue weighted by Crippen LogP contribution is -2.35. The normalized spacial score (nSPS) is 12.6. The maximum absolute atomic E-state index is 11.1. The van der Waals surface area contributed by atoms with E-state index < -0.39 is 12.0 Å². The lowest BCUT2D eigenvalue weighted by molar-refractivity contribution is -0.139. The summed E-state index contributed by atoms with van der Waals surface area (Å²) in [7, 11) is 1.63. The summed E-state index contributed by atoms with van der Waals surface area (Å²) >= 11 is 0. The third-order valence-corrected chi connectivity index (χ3v) is 4.25. The van der Waals surface area contributed by atoms with E-state index in [0.29, 0.717) is 18.1 Å². The Hall–Kier alpha value is -3.19. The van der Waals surface area contributed by atoms with Crippen LogP contribution in [0.5, 0.6) is 5.75 Å². The van der Waals surface area contributed by atoms with Crippen LogP contribution in [0.25, 0.3) is 22.8 Å². The molecular weight excluding hydrogens is 370 g/mol. The number of ether oxygens (including phenoxy) is 1. The van der Waals surface area contributed by atoms with Crippen molar-refractivity contribution in [2.45, 2.75) is 38.8 Å². The molecule has 7 nitrogen and oxygen atoms in total. The molecule has 0 amide bonds. The molecule has 0 radical (unpaired) electrons. The Labute approximate surface area is 169 Å². The van der Waals surface area contributed by atoms with E-state index in [1.54, 1.807) is 7.05 Å². The van der Waals surface area contributed by atoms with Crippen molar-refractivity contribution >= 4 is 5.97 Å². The summed E-state index contributed by atoms with van der Waals surface area (Å²) in [6.07, 6.45) is 0.395. The minimum Gasteiger partial charge on any atom is -0.488 e.